The van der Waals surface area contributed by atoms with Crippen LogP contribution in [0.4, 0.5) is 13.2 Å². The van der Waals surface area contributed by atoms with E-state index < -0.39 is 11.7 Å². The third kappa shape index (κ3) is 6.21. The molecule has 2 unspecified atom stereocenters. The lowest BCUT2D eigenvalue weighted by atomic mass is 10.1. The first-order valence-electron chi connectivity index (χ1n) is 9.40. The fourth-order valence-corrected chi connectivity index (χ4v) is 3.43. The number of hydrogen-bond acceptors (Lipinski definition) is 3. The summed E-state index contributed by atoms with van der Waals surface area (Å²) in [6, 6.07) is 5.31. The second-order valence-electron chi connectivity index (χ2n) is 6.78. The molecular formula is C19H27F3IN3O2. The van der Waals surface area contributed by atoms with Crippen LogP contribution < -0.4 is 5.32 Å². The Kier molecular flexibility index (Phi) is 8.81. The summed E-state index contributed by atoms with van der Waals surface area (Å²) < 4.78 is 50.3. The Morgan fingerprint density at radius 2 is 2.04 bits per heavy atom. The SMILES string of the molecule is CCNC(=NCc1cccc(C(F)(F)F)c1)N1CCOC(C2CCCO2)C1.I. The number of hydrogen-bond donors (Lipinski definition) is 1. The van der Waals surface area contributed by atoms with Crippen molar-refractivity contribution in [1.82, 2.24) is 10.2 Å². The molecule has 0 saturated carbocycles. The van der Waals surface area contributed by atoms with Gasteiger partial charge in [-0.15, -0.1) is 24.0 Å². The van der Waals surface area contributed by atoms with Gasteiger partial charge < -0.3 is 19.7 Å². The quantitative estimate of drug-likeness (QED) is 0.380. The van der Waals surface area contributed by atoms with Crippen LogP contribution in [0.5, 0.6) is 0 Å². The minimum atomic E-state index is -4.34. The molecular weight excluding hydrogens is 486 g/mol. The first kappa shape index (κ1) is 23.2. The summed E-state index contributed by atoms with van der Waals surface area (Å²) in [4.78, 5) is 6.66. The van der Waals surface area contributed by atoms with Gasteiger partial charge in [0.2, 0.25) is 0 Å². The van der Waals surface area contributed by atoms with Crippen molar-refractivity contribution in [2.24, 2.45) is 4.99 Å². The van der Waals surface area contributed by atoms with E-state index in [4.69, 9.17) is 9.47 Å². The van der Waals surface area contributed by atoms with E-state index in [2.05, 4.69) is 15.2 Å². The Bertz CT molecular complexity index is 652. The molecule has 1 aromatic carbocycles. The van der Waals surface area contributed by atoms with Gasteiger partial charge in [0.25, 0.3) is 0 Å². The van der Waals surface area contributed by atoms with E-state index in [-0.39, 0.29) is 42.7 Å². The summed E-state index contributed by atoms with van der Waals surface area (Å²) in [6.45, 7) is 5.55. The minimum Gasteiger partial charge on any atom is -0.375 e. The Morgan fingerprint density at radius 3 is 2.71 bits per heavy atom. The lowest BCUT2D eigenvalue weighted by molar-refractivity contribution is -0.137. The summed E-state index contributed by atoms with van der Waals surface area (Å²) in [5, 5.41) is 3.24. The maximum Gasteiger partial charge on any atom is 0.416 e. The molecule has 0 spiro atoms. The van der Waals surface area contributed by atoms with Crippen molar-refractivity contribution < 1.29 is 22.6 Å². The molecule has 0 radical (unpaired) electrons. The van der Waals surface area contributed by atoms with Crippen LogP contribution in [0, 0.1) is 0 Å². The number of alkyl halides is 3. The topological polar surface area (TPSA) is 46.1 Å². The maximum absolute atomic E-state index is 12.9. The van der Waals surface area contributed by atoms with Gasteiger partial charge in [0.05, 0.1) is 24.8 Å². The Balaban J connectivity index is 0.00000280. The smallest absolute Gasteiger partial charge is 0.375 e. The van der Waals surface area contributed by atoms with Crippen LogP contribution >= 0.6 is 24.0 Å². The summed E-state index contributed by atoms with van der Waals surface area (Å²) in [5.74, 6) is 0.696. The van der Waals surface area contributed by atoms with Crippen molar-refractivity contribution in [2.45, 2.75) is 44.7 Å². The highest BCUT2D eigenvalue weighted by atomic mass is 127. The molecule has 158 valence electrons. The molecule has 2 fully saturated rings. The molecule has 5 nitrogen and oxygen atoms in total. The number of rotatable bonds is 4. The zero-order valence-electron chi connectivity index (χ0n) is 15.9. The van der Waals surface area contributed by atoms with E-state index in [9.17, 15) is 13.2 Å². The normalized spacial score (nSPS) is 23.4. The molecule has 0 aliphatic carbocycles. The molecule has 3 rings (SSSR count). The third-order valence-corrected chi connectivity index (χ3v) is 4.77. The Labute approximate surface area is 180 Å². The van der Waals surface area contributed by atoms with Crippen LogP contribution in [0.25, 0.3) is 0 Å². The van der Waals surface area contributed by atoms with Crippen molar-refractivity contribution in [3.63, 3.8) is 0 Å². The van der Waals surface area contributed by atoms with Gasteiger partial charge in [-0.3, -0.25) is 0 Å². The number of guanidine groups is 1. The van der Waals surface area contributed by atoms with Gasteiger partial charge in [0.1, 0.15) is 6.10 Å². The average molecular weight is 513 g/mol. The molecule has 0 amide bonds. The number of halogens is 4. The van der Waals surface area contributed by atoms with E-state index in [1.54, 1.807) is 6.07 Å². The largest absolute Gasteiger partial charge is 0.416 e. The molecule has 0 bridgehead atoms. The number of morpholine rings is 1. The summed E-state index contributed by atoms with van der Waals surface area (Å²) in [7, 11) is 0. The van der Waals surface area contributed by atoms with Gasteiger partial charge in [0, 0.05) is 26.2 Å². The summed E-state index contributed by atoms with van der Waals surface area (Å²) in [5.41, 5.74) is -0.116. The molecule has 2 aliphatic heterocycles. The zero-order valence-corrected chi connectivity index (χ0v) is 18.2. The van der Waals surface area contributed by atoms with Crippen molar-refractivity contribution in [2.75, 3.05) is 32.8 Å². The predicted molar refractivity (Wildman–Crippen MR) is 112 cm³/mol. The lowest BCUT2D eigenvalue weighted by Crippen LogP contribution is -2.53. The molecule has 9 heteroatoms. The van der Waals surface area contributed by atoms with Crippen LogP contribution in [-0.2, 0) is 22.2 Å². The maximum atomic E-state index is 12.9. The molecule has 0 aromatic heterocycles. The predicted octanol–water partition coefficient (Wildman–Crippen LogP) is 3.67. The van der Waals surface area contributed by atoms with Crippen LogP contribution in [0.1, 0.15) is 30.9 Å². The zero-order chi connectivity index (χ0) is 19.3. The molecule has 28 heavy (non-hydrogen) atoms. The summed E-state index contributed by atoms with van der Waals surface area (Å²) >= 11 is 0. The van der Waals surface area contributed by atoms with E-state index >= 15 is 0 Å². The Morgan fingerprint density at radius 1 is 1.25 bits per heavy atom. The van der Waals surface area contributed by atoms with E-state index in [1.165, 1.54) is 6.07 Å². The molecule has 1 aromatic rings. The van der Waals surface area contributed by atoms with Crippen molar-refractivity contribution in [3.8, 4) is 0 Å². The van der Waals surface area contributed by atoms with Crippen molar-refractivity contribution >= 4 is 29.9 Å². The molecule has 2 aliphatic rings. The monoisotopic (exact) mass is 513 g/mol. The van der Waals surface area contributed by atoms with Gasteiger partial charge in [0.15, 0.2) is 5.96 Å². The lowest BCUT2D eigenvalue weighted by Gasteiger charge is -2.37. The van der Waals surface area contributed by atoms with Crippen molar-refractivity contribution in [1.29, 1.82) is 0 Å². The van der Waals surface area contributed by atoms with Crippen LogP contribution in [0.15, 0.2) is 29.3 Å². The van der Waals surface area contributed by atoms with E-state index in [0.717, 1.165) is 31.6 Å². The highest BCUT2D eigenvalue weighted by molar-refractivity contribution is 14.0. The second kappa shape index (κ2) is 10.6. The van der Waals surface area contributed by atoms with Gasteiger partial charge in [-0.1, -0.05) is 12.1 Å². The van der Waals surface area contributed by atoms with Crippen LogP contribution in [0.3, 0.4) is 0 Å². The number of benzene rings is 1. The highest BCUT2D eigenvalue weighted by Crippen LogP contribution is 2.29. The van der Waals surface area contributed by atoms with Gasteiger partial charge in [-0.2, -0.15) is 13.2 Å². The highest BCUT2D eigenvalue weighted by Gasteiger charge is 2.32. The first-order chi connectivity index (χ1) is 13.0. The summed E-state index contributed by atoms with van der Waals surface area (Å²) in [6.07, 6.45) is -2.19. The number of nitrogens with one attached hydrogen (secondary N) is 1. The Hall–Kier alpha value is -1.07. The second-order valence-corrected chi connectivity index (χ2v) is 6.78. The van der Waals surface area contributed by atoms with E-state index in [0.29, 0.717) is 37.8 Å². The van der Waals surface area contributed by atoms with Gasteiger partial charge in [-0.25, -0.2) is 4.99 Å². The number of aliphatic imine (C=N–C) groups is 1. The standard InChI is InChI=1S/C19H26F3N3O2.HI/c1-2-23-18(24-12-14-5-3-6-15(11-14)19(20,21)22)25-8-10-27-17(13-25)16-7-4-9-26-16;/h3,5-6,11,16-17H,2,4,7-10,12-13H2,1H3,(H,23,24);1H. The molecule has 2 heterocycles. The average Bonchev–Trinajstić information content (AvgIpc) is 3.20. The van der Waals surface area contributed by atoms with Crippen LogP contribution in [0.2, 0.25) is 0 Å². The first-order valence-corrected chi connectivity index (χ1v) is 9.40. The molecule has 2 atom stereocenters. The van der Waals surface area contributed by atoms with E-state index in [1.807, 2.05) is 6.92 Å². The fraction of sp³-hybridized carbons (Fsp3) is 0.632. The minimum absolute atomic E-state index is 0. The molecule has 1 N–H and O–H groups in total. The van der Waals surface area contributed by atoms with Crippen molar-refractivity contribution in [3.05, 3.63) is 35.4 Å². The number of ether oxygens (including phenoxy) is 2. The number of nitrogens with zero attached hydrogens (tertiary/aromatic N) is 2. The van der Waals surface area contributed by atoms with Gasteiger partial charge >= 0.3 is 6.18 Å². The third-order valence-electron chi connectivity index (χ3n) is 4.77. The van der Waals surface area contributed by atoms with Gasteiger partial charge in [-0.05, 0) is 37.5 Å². The van der Waals surface area contributed by atoms with Crippen LogP contribution in [-0.4, -0.2) is 55.9 Å². The molecule has 2 saturated heterocycles. The fourth-order valence-electron chi connectivity index (χ4n) is 3.43.